The summed E-state index contributed by atoms with van der Waals surface area (Å²) in [5.41, 5.74) is 0. The van der Waals surface area contributed by atoms with E-state index in [9.17, 15) is 14.4 Å². The normalized spacial score (nSPS) is 12.4. The molecule has 0 aromatic heterocycles. The number of unbranched alkanes of at least 4 members (excludes halogenated alkanes) is 28. The summed E-state index contributed by atoms with van der Waals surface area (Å²) in [6.45, 7) is 6.57. The molecule has 0 saturated heterocycles. The molecule has 0 aliphatic carbocycles. The van der Waals surface area contributed by atoms with Crippen molar-refractivity contribution in [3.63, 3.8) is 0 Å². The lowest BCUT2D eigenvalue weighted by Crippen LogP contribution is -2.30. The molecule has 0 saturated carbocycles. The first-order valence-corrected chi connectivity index (χ1v) is 26.1. The van der Waals surface area contributed by atoms with Crippen molar-refractivity contribution in [1.29, 1.82) is 0 Å². The second kappa shape index (κ2) is 50.0. The van der Waals surface area contributed by atoms with Crippen LogP contribution in [0.2, 0.25) is 0 Å². The van der Waals surface area contributed by atoms with Gasteiger partial charge in [-0.1, -0.05) is 211 Å². The Hall–Kier alpha value is -2.63. The van der Waals surface area contributed by atoms with Crippen LogP contribution in [0.4, 0.5) is 0 Å². The highest BCUT2D eigenvalue weighted by atomic mass is 16.6. The second-order valence-corrected chi connectivity index (χ2v) is 17.4. The number of rotatable bonds is 47. The monoisotopic (exact) mass is 855 g/mol. The predicted octanol–water partition coefficient (Wildman–Crippen LogP) is 17.1. The van der Waals surface area contributed by atoms with Gasteiger partial charge in [0.25, 0.3) is 0 Å². The van der Waals surface area contributed by atoms with Crippen molar-refractivity contribution in [3.8, 4) is 0 Å². The Morgan fingerprint density at radius 1 is 0.328 bits per heavy atom. The quantitative estimate of drug-likeness (QED) is 0.0263. The minimum absolute atomic E-state index is 0.0853. The second-order valence-electron chi connectivity index (χ2n) is 17.4. The Labute approximate surface area is 378 Å². The van der Waals surface area contributed by atoms with Crippen LogP contribution >= 0.6 is 0 Å². The summed E-state index contributed by atoms with van der Waals surface area (Å²) in [6, 6.07) is 0. The van der Waals surface area contributed by atoms with Crippen molar-refractivity contribution in [3.05, 3.63) is 48.6 Å². The summed E-state index contributed by atoms with van der Waals surface area (Å²) in [5.74, 6) is -0.922. The Bertz CT molecular complexity index is 1070. The van der Waals surface area contributed by atoms with Crippen LogP contribution in [0.1, 0.15) is 265 Å². The zero-order valence-electron chi connectivity index (χ0n) is 40.4. The SMILES string of the molecule is CCCCC/C=C\C/C=C\C/C=C\CCCCC(=O)OC[C@H](COC(=O)CCCCCCCCC/C=C\CCCCCCCC)OC(=O)CCCCCCCCCCCCC. The first-order chi connectivity index (χ1) is 30.0. The largest absolute Gasteiger partial charge is 0.462 e. The number of hydrogen-bond acceptors (Lipinski definition) is 6. The molecule has 0 aromatic rings. The van der Waals surface area contributed by atoms with Gasteiger partial charge in [-0.15, -0.1) is 0 Å². The first-order valence-electron chi connectivity index (χ1n) is 26.1. The molecule has 354 valence electrons. The maximum absolute atomic E-state index is 12.8. The zero-order chi connectivity index (χ0) is 44.4. The highest BCUT2D eigenvalue weighted by Gasteiger charge is 2.19. The standard InChI is InChI=1S/C55H98O6/c1-4-7-10-13-16-19-22-24-26-27-29-31-34-36-39-42-45-48-54(57)60-51-52(61-55(58)49-46-43-40-37-32-21-18-15-12-9-6-3)50-59-53(56)47-44-41-38-35-33-30-28-25-23-20-17-14-11-8-5-2/h17,20,24-26,28,33,35,52H,4-16,18-19,21-23,27,29-32,34,36-51H2,1-3H3/b20-17-,26-24-,28-25-,35-33-/t52-/m1/s1. The van der Waals surface area contributed by atoms with Crippen LogP contribution < -0.4 is 0 Å². The number of carbonyl (C=O) groups is 3. The lowest BCUT2D eigenvalue weighted by Gasteiger charge is -2.18. The molecule has 0 aliphatic heterocycles. The molecule has 0 spiro atoms. The van der Waals surface area contributed by atoms with Gasteiger partial charge >= 0.3 is 17.9 Å². The summed E-state index contributed by atoms with van der Waals surface area (Å²) in [7, 11) is 0. The third kappa shape index (κ3) is 48.3. The Morgan fingerprint density at radius 2 is 0.590 bits per heavy atom. The Morgan fingerprint density at radius 3 is 1.00 bits per heavy atom. The van der Waals surface area contributed by atoms with Gasteiger partial charge in [0.15, 0.2) is 6.10 Å². The third-order valence-electron chi connectivity index (χ3n) is 11.3. The first kappa shape index (κ1) is 58.4. The van der Waals surface area contributed by atoms with Crippen molar-refractivity contribution in [2.45, 2.75) is 271 Å². The molecule has 0 rings (SSSR count). The number of allylic oxidation sites excluding steroid dienone is 8. The molecule has 0 heterocycles. The highest BCUT2D eigenvalue weighted by Crippen LogP contribution is 2.15. The third-order valence-corrected chi connectivity index (χ3v) is 11.3. The molecule has 0 radical (unpaired) electrons. The molecular formula is C55H98O6. The molecule has 61 heavy (non-hydrogen) atoms. The maximum atomic E-state index is 12.8. The van der Waals surface area contributed by atoms with E-state index in [1.54, 1.807) is 0 Å². The number of ether oxygens (including phenoxy) is 3. The lowest BCUT2D eigenvalue weighted by atomic mass is 10.1. The van der Waals surface area contributed by atoms with Crippen LogP contribution in [-0.4, -0.2) is 37.2 Å². The molecule has 0 amide bonds. The van der Waals surface area contributed by atoms with Crippen molar-refractivity contribution < 1.29 is 28.6 Å². The molecule has 0 bridgehead atoms. The number of esters is 3. The predicted molar refractivity (Wildman–Crippen MR) is 261 cm³/mol. The molecule has 0 aromatic carbocycles. The van der Waals surface area contributed by atoms with Gasteiger partial charge in [-0.05, 0) is 83.5 Å². The lowest BCUT2D eigenvalue weighted by molar-refractivity contribution is -0.167. The van der Waals surface area contributed by atoms with Crippen molar-refractivity contribution in [2.24, 2.45) is 0 Å². The van der Waals surface area contributed by atoms with Crippen LogP contribution in [0.3, 0.4) is 0 Å². The number of carbonyl (C=O) groups excluding carboxylic acids is 3. The minimum Gasteiger partial charge on any atom is -0.462 e. The summed E-state index contributed by atoms with van der Waals surface area (Å²) < 4.78 is 16.8. The minimum atomic E-state index is -0.786. The molecule has 6 nitrogen and oxygen atoms in total. The fourth-order valence-corrected chi connectivity index (χ4v) is 7.33. The van der Waals surface area contributed by atoms with Gasteiger partial charge in [-0.2, -0.15) is 0 Å². The van der Waals surface area contributed by atoms with E-state index in [1.807, 2.05) is 0 Å². The van der Waals surface area contributed by atoms with Crippen LogP contribution in [0, 0.1) is 0 Å². The van der Waals surface area contributed by atoms with Gasteiger partial charge < -0.3 is 14.2 Å². The number of hydrogen-bond donors (Lipinski definition) is 0. The molecule has 1 atom stereocenters. The summed E-state index contributed by atoms with van der Waals surface area (Å²) in [5, 5.41) is 0. The van der Waals surface area contributed by atoms with Gasteiger partial charge in [0.2, 0.25) is 0 Å². The van der Waals surface area contributed by atoms with Crippen molar-refractivity contribution in [2.75, 3.05) is 13.2 Å². The van der Waals surface area contributed by atoms with E-state index in [0.717, 1.165) is 70.6 Å². The maximum Gasteiger partial charge on any atom is 0.306 e. The summed E-state index contributed by atoms with van der Waals surface area (Å²) >= 11 is 0. The Kier molecular flexibility index (Phi) is 47.9. The fraction of sp³-hybridized carbons (Fsp3) is 0.800. The van der Waals surface area contributed by atoms with E-state index >= 15 is 0 Å². The van der Waals surface area contributed by atoms with Crippen LogP contribution in [0.25, 0.3) is 0 Å². The van der Waals surface area contributed by atoms with Gasteiger partial charge in [-0.25, -0.2) is 0 Å². The molecule has 0 N–H and O–H groups in total. The molecule has 6 heteroatoms. The van der Waals surface area contributed by atoms with E-state index in [0.29, 0.717) is 19.3 Å². The molecule has 0 aliphatic rings. The van der Waals surface area contributed by atoms with E-state index in [1.165, 1.54) is 154 Å². The highest BCUT2D eigenvalue weighted by molar-refractivity contribution is 5.71. The van der Waals surface area contributed by atoms with E-state index in [2.05, 4.69) is 69.4 Å². The summed E-state index contributed by atoms with van der Waals surface area (Å²) in [6.07, 6.45) is 59.5. The molecule has 0 unspecified atom stereocenters. The van der Waals surface area contributed by atoms with Gasteiger partial charge in [0.05, 0.1) is 0 Å². The van der Waals surface area contributed by atoms with E-state index in [-0.39, 0.29) is 31.1 Å². The zero-order valence-corrected chi connectivity index (χ0v) is 40.4. The Balaban J connectivity index is 4.39. The topological polar surface area (TPSA) is 78.9 Å². The average Bonchev–Trinajstić information content (AvgIpc) is 3.26. The molecule has 0 fully saturated rings. The van der Waals surface area contributed by atoms with E-state index in [4.69, 9.17) is 14.2 Å². The van der Waals surface area contributed by atoms with Gasteiger partial charge in [0, 0.05) is 19.3 Å². The van der Waals surface area contributed by atoms with Crippen LogP contribution in [0.15, 0.2) is 48.6 Å². The van der Waals surface area contributed by atoms with Crippen LogP contribution in [-0.2, 0) is 28.6 Å². The molecular weight excluding hydrogens is 757 g/mol. The van der Waals surface area contributed by atoms with Crippen LogP contribution in [0.5, 0.6) is 0 Å². The average molecular weight is 855 g/mol. The van der Waals surface area contributed by atoms with Crippen molar-refractivity contribution >= 4 is 17.9 Å². The smallest absolute Gasteiger partial charge is 0.306 e. The van der Waals surface area contributed by atoms with E-state index < -0.39 is 6.10 Å². The van der Waals surface area contributed by atoms with Gasteiger partial charge in [0.1, 0.15) is 13.2 Å². The fourth-order valence-electron chi connectivity index (χ4n) is 7.33. The van der Waals surface area contributed by atoms with Gasteiger partial charge in [-0.3, -0.25) is 14.4 Å². The summed E-state index contributed by atoms with van der Waals surface area (Å²) in [4.78, 5) is 37.9. The van der Waals surface area contributed by atoms with Crippen molar-refractivity contribution in [1.82, 2.24) is 0 Å².